The van der Waals surface area contributed by atoms with Gasteiger partial charge in [0.05, 0.1) is 13.0 Å². The van der Waals surface area contributed by atoms with Gasteiger partial charge in [-0.1, -0.05) is 17.7 Å². The van der Waals surface area contributed by atoms with E-state index in [1.807, 2.05) is 0 Å². The quantitative estimate of drug-likeness (QED) is 0.877. The van der Waals surface area contributed by atoms with E-state index in [9.17, 15) is 9.18 Å². The Balaban J connectivity index is 2.80. The maximum absolute atomic E-state index is 13.5. The molecule has 1 rings (SSSR count). The van der Waals surface area contributed by atoms with Gasteiger partial charge in [0, 0.05) is 23.7 Å². The van der Waals surface area contributed by atoms with Crippen LogP contribution in [-0.4, -0.2) is 35.6 Å². The van der Waals surface area contributed by atoms with E-state index in [2.05, 4.69) is 0 Å². The molecule has 0 fully saturated rings. The summed E-state index contributed by atoms with van der Waals surface area (Å²) in [5, 5.41) is 9.05. The molecule has 5 heteroatoms. The van der Waals surface area contributed by atoms with Crippen molar-refractivity contribution in [1.29, 1.82) is 0 Å². The first-order valence-corrected chi connectivity index (χ1v) is 5.79. The van der Waals surface area contributed by atoms with E-state index in [1.165, 1.54) is 17.0 Å². The average molecular weight is 260 g/mol. The van der Waals surface area contributed by atoms with E-state index in [4.69, 9.17) is 16.7 Å². The van der Waals surface area contributed by atoms with Crippen molar-refractivity contribution >= 4 is 17.5 Å². The number of likely N-dealkylation sites (N-methyl/N-ethyl adjacent to an activating group) is 1. The second-order valence-corrected chi connectivity index (χ2v) is 3.98. The van der Waals surface area contributed by atoms with Crippen LogP contribution in [0.15, 0.2) is 18.2 Å². The third kappa shape index (κ3) is 3.68. The molecule has 1 aromatic carbocycles. The molecule has 1 amide bonds. The standard InChI is InChI=1S/C12H15ClFNO2/c1-2-15(6-7-16)12(17)8-9-10(13)4-3-5-11(9)14/h3-5,16H,2,6-8H2,1H3. The van der Waals surface area contributed by atoms with E-state index >= 15 is 0 Å². The normalized spacial score (nSPS) is 10.4. The SMILES string of the molecule is CCN(CCO)C(=O)Cc1c(F)cccc1Cl. The summed E-state index contributed by atoms with van der Waals surface area (Å²) < 4.78 is 13.5. The Hall–Kier alpha value is -1.13. The summed E-state index contributed by atoms with van der Waals surface area (Å²) in [6.45, 7) is 2.42. The van der Waals surface area contributed by atoms with E-state index in [1.54, 1.807) is 13.0 Å². The van der Waals surface area contributed by atoms with Crippen molar-refractivity contribution < 1.29 is 14.3 Å². The van der Waals surface area contributed by atoms with E-state index < -0.39 is 5.82 Å². The van der Waals surface area contributed by atoms with Crippen LogP contribution in [0, 0.1) is 5.82 Å². The predicted molar refractivity (Wildman–Crippen MR) is 64.5 cm³/mol. The lowest BCUT2D eigenvalue weighted by molar-refractivity contribution is -0.130. The van der Waals surface area contributed by atoms with Gasteiger partial charge < -0.3 is 10.0 Å². The molecular weight excluding hydrogens is 245 g/mol. The van der Waals surface area contributed by atoms with Crippen molar-refractivity contribution in [3.8, 4) is 0 Å². The van der Waals surface area contributed by atoms with Gasteiger partial charge in [-0.25, -0.2) is 4.39 Å². The number of hydrogen-bond acceptors (Lipinski definition) is 2. The summed E-state index contributed by atoms with van der Waals surface area (Å²) >= 11 is 5.84. The first-order chi connectivity index (χ1) is 8.10. The number of hydrogen-bond donors (Lipinski definition) is 1. The van der Waals surface area contributed by atoms with Gasteiger partial charge in [-0.2, -0.15) is 0 Å². The van der Waals surface area contributed by atoms with Crippen LogP contribution in [0.4, 0.5) is 4.39 Å². The van der Waals surface area contributed by atoms with Crippen LogP contribution >= 0.6 is 11.6 Å². The van der Waals surface area contributed by atoms with Gasteiger partial charge in [0.15, 0.2) is 0 Å². The summed E-state index contributed by atoms with van der Waals surface area (Å²) in [7, 11) is 0. The number of carbonyl (C=O) groups is 1. The summed E-state index contributed by atoms with van der Waals surface area (Å²) in [5.41, 5.74) is 0.204. The molecule has 0 aliphatic heterocycles. The van der Waals surface area contributed by atoms with Crippen molar-refractivity contribution in [2.45, 2.75) is 13.3 Å². The minimum atomic E-state index is -0.481. The number of rotatable bonds is 5. The zero-order chi connectivity index (χ0) is 12.8. The highest BCUT2D eigenvalue weighted by Gasteiger charge is 2.16. The molecule has 0 unspecified atom stereocenters. The molecule has 0 heterocycles. The fraction of sp³-hybridized carbons (Fsp3) is 0.417. The van der Waals surface area contributed by atoms with Gasteiger partial charge >= 0.3 is 0 Å². The Morgan fingerprint density at radius 1 is 1.53 bits per heavy atom. The monoisotopic (exact) mass is 259 g/mol. The highest BCUT2D eigenvalue weighted by molar-refractivity contribution is 6.31. The van der Waals surface area contributed by atoms with Gasteiger partial charge in [0.2, 0.25) is 5.91 Å². The molecule has 0 aromatic heterocycles. The van der Waals surface area contributed by atoms with Crippen LogP contribution in [0.3, 0.4) is 0 Å². The Kier molecular flexibility index (Phi) is 5.38. The maximum Gasteiger partial charge on any atom is 0.227 e. The van der Waals surface area contributed by atoms with Crippen molar-refractivity contribution in [1.82, 2.24) is 4.90 Å². The minimum absolute atomic E-state index is 0.0840. The highest BCUT2D eigenvalue weighted by Crippen LogP contribution is 2.20. The highest BCUT2D eigenvalue weighted by atomic mass is 35.5. The van der Waals surface area contributed by atoms with Crippen molar-refractivity contribution in [3.05, 3.63) is 34.6 Å². The Morgan fingerprint density at radius 3 is 2.76 bits per heavy atom. The van der Waals surface area contributed by atoms with Gasteiger partial charge in [0.25, 0.3) is 0 Å². The molecule has 3 nitrogen and oxygen atoms in total. The third-order valence-corrected chi connectivity index (χ3v) is 2.85. The van der Waals surface area contributed by atoms with Crippen LogP contribution in [-0.2, 0) is 11.2 Å². The number of amides is 1. The smallest absolute Gasteiger partial charge is 0.227 e. The molecule has 0 saturated heterocycles. The van der Waals surface area contributed by atoms with Gasteiger partial charge in [-0.3, -0.25) is 4.79 Å². The molecule has 0 spiro atoms. The largest absolute Gasteiger partial charge is 0.395 e. The molecule has 0 aliphatic carbocycles. The zero-order valence-corrected chi connectivity index (χ0v) is 10.4. The molecule has 0 radical (unpaired) electrons. The Morgan fingerprint density at radius 2 is 2.24 bits per heavy atom. The number of benzene rings is 1. The Bertz CT molecular complexity index is 378. The maximum atomic E-state index is 13.5. The summed E-state index contributed by atoms with van der Waals surface area (Å²) in [6.07, 6.45) is -0.0840. The van der Waals surface area contributed by atoms with E-state index in [-0.39, 0.29) is 36.1 Å². The molecule has 0 bridgehead atoms. The molecule has 0 aliphatic rings. The average Bonchev–Trinajstić information content (AvgIpc) is 2.30. The fourth-order valence-electron chi connectivity index (χ4n) is 1.54. The first kappa shape index (κ1) is 13.9. The molecular formula is C12H15ClFNO2. The van der Waals surface area contributed by atoms with Crippen molar-refractivity contribution in [2.24, 2.45) is 0 Å². The van der Waals surface area contributed by atoms with Crippen molar-refractivity contribution in [2.75, 3.05) is 19.7 Å². The molecule has 94 valence electrons. The Labute approximate surface area is 105 Å². The van der Waals surface area contributed by atoms with Gasteiger partial charge in [-0.15, -0.1) is 0 Å². The first-order valence-electron chi connectivity index (χ1n) is 5.41. The van der Waals surface area contributed by atoms with Crippen LogP contribution in [0.2, 0.25) is 5.02 Å². The lowest BCUT2D eigenvalue weighted by atomic mass is 10.1. The van der Waals surface area contributed by atoms with Gasteiger partial charge in [-0.05, 0) is 19.1 Å². The lowest BCUT2D eigenvalue weighted by Crippen LogP contribution is -2.34. The molecule has 0 saturated carbocycles. The van der Waals surface area contributed by atoms with E-state index in [0.29, 0.717) is 6.54 Å². The summed E-state index contributed by atoms with van der Waals surface area (Å²) in [6, 6.07) is 4.32. The summed E-state index contributed by atoms with van der Waals surface area (Å²) in [4.78, 5) is 13.3. The molecule has 17 heavy (non-hydrogen) atoms. The molecule has 1 aromatic rings. The second-order valence-electron chi connectivity index (χ2n) is 3.57. The molecule has 0 atom stereocenters. The van der Waals surface area contributed by atoms with Crippen LogP contribution < -0.4 is 0 Å². The lowest BCUT2D eigenvalue weighted by Gasteiger charge is -2.20. The zero-order valence-electron chi connectivity index (χ0n) is 9.62. The second kappa shape index (κ2) is 6.57. The van der Waals surface area contributed by atoms with Gasteiger partial charge in [0.1, 0.15) is 5.82 Å². The van der Waals surface area contributed by atoms with Crippen LogP contribution in [0.5, 0.6) is 0 Å². The van der Waals surface area contributed by atoms with Crippen LogP contribution in [0.1, 0.15) is 12.5 Å². The van der Waals surface area contributed by atoms with Crippen LogP contribution in [0.25, 0.3) is 0 Å². The number of aliphatic hydroxyl groups is 1. The number of carbonyl (C=O) groups excluding carboxylic acids is 1. The topological polar surface area (TPSA) is 40.5 Å². The minimum Gasteiger partial charge on any atom is -0.395 e. The number of halogens is 2. The predicted octanol–water partition coefficient (Wildman–Crippen LogP) is 1.86. The number of aliphatic hydroxyl groups excluding tert-OH is 1. The van der Waals surface area contributed by atoms with E-state index in [0.717, 1.165) is 0 Å². The number of nitrogens with zero attached hydrogens (tertiary/aromatic N) is 1. The fourth-order valence-corrected chi connectivity index (χ4v) is 1.77. The van der Waals surface area contributed by atoms with Crippen molar-refractivity contribution in [3.63, 3.8) is 0 Å². The summed E-state index contributed by atoms with van der Waals surface area (Å²) in [5.74, 6) is -0.723. The molecule has 1 N–H and O–H groups in total. The third-order valence-electron chi connectivity index (χ3n) is 2.49.